The van der Waals surface area contributed by atoms with Gasteiger partial charge in [-0.05, 0) is 19.8 Å². The fourth-order valence-electron chi connectivity index (χ4n) is 2.37. The van der Waals surface area contributed by atoms with Crippen molar-refractivity contribution in [3.05, 3.63) is 12.2 Å². The molecule has 82 valence electrons. The molecule has 2 atom stereocenters. The van der Waals surface area contributed by atoms with Crippen molar-refractivity contribution in [3.8, 4) is 0 Å². The Kier molecular flexibility index (Phi) is 2.70. The predicted molar refractivity (Wildman–Crippen MR) is 53.4 cm³/mol. The molecule has 1 N–H and O–H groups in total. The maximum absolute atomic E-state index is 11.0. The molecule has 2 rings (SSSR count). The van der Waals surface area contributed by atoms with Crippen LogP contribution in [0.1, 0.15) is 37.9 Å². The van der Waals surface area contributed by atoms with E-state index in [1.807, 2.05) is 6.92 Å². The van der Waals surface area contributed by atoms with Crippen LogP contribution < -0.4 is 0 Å². The van der Waals surface area contributed by atoms with E-state index in [9.17, 15) is 4.79 Å². The van der Waals surface area contributed by atoms with Crippen LogP contribution in [0.15, 0.2) is 6.33 Å². The summed E-state index contributed by atoms with van der Waals surface area (Å²) in [5, 5.41) is 13.2. The second-order valence-electron chi connectivity index (χ2n) is 3.92. The van der Waals surface area contributed by atoms with Crippen molar-refractivity contribution < 1.29 is 9.90 Å². The molecule has 1 fully saturated rings. The molecule has 5 nitrogen and oxygen atoms in total. The van der Waals surface area contributed by atoms with Gasteiger partial charge in [0.15, 0.2) is 0 Å². The summed E-state index contributed by atoms with van der Waals surface area (Å²) in [5.41, 5.74) is 0. The smallest absolute Gasteiger partial charge is 0.307 e. The third-order valence-corrected chi connectivity index (χ3v) is 3.11. The number of nitrogens with zero attached hydrogens (tertiary/aromatic N) is 3. The fourth-order valence-corrected chi connectivity index (χ4v) is 2.37. The van der Waals surface area contributed by atoms with Crippen molar-refractivity contribution in [1.82, 2.24) is 14.8 Å². The number of hydrogen-bond acceptors (Lipinski definition) is 3. The summed E-state index contributed by atoms with van der Waals surface area (Å²) < 4.78 is 1.80. The van der Waals surface area contributed by atoms with Crippen LogP contribution in [-0.2, 0) is 11.3 Å². The zero-order valence-corrected chi connectivity index (χ0v) is 8.76. The number of aliphatic carboxylic acids is 1. The largest absolute Gasteiger partial charge is 0.481 e. The van der Waals surface area contributed by atoms with Gasteiger partial charge in [-0.1, -0.05) is 6.42 Å². The van der Waals surface area contributed by atoms with Gasteiger partial charge < -0.3 is 5.11 Å². The molecule has 0 aromatic carbocycles. The van der Waals surface area contributed by atoms with Gasteiger partial charge in [-0.15, -0.1) is 0 Å². The van der Waals surface area contributed by atoms with Crippen LogP contribution in [0.2, 0.25) is 0 Å². The molecule has 0 radical (unpaired) electrons. The third kappa shape index (κ3) is 1.73. The van der Waals surface area contributed by atoms with E-state index >= 15 is 0 Å². The van der Waals surface area contributed by atoms with Gasteiger partial charge in [0.2, 0.25) is 0 Å². The monoisotopic (exact) mass is 209 g/mol. The Labute approximate surface area is 88.1 Å². The molecule has 1 aliphatic carbocycles. The molecule has 1 saturated carbocycles. The lowest BCUT2D eigenvalue weighted by Gasteiger charge is -2.15. The summed E-state index contributed by atoms with van der Waals surface area (Å²) in [7, 11) is 0. The molecule has 0 bridgehead atoms. The van der Waals surface area contributed by atoms with E-state index < -0.39 is 5.97 Å². The Morgan fingerprint density at radius 2 is 2.47 bits per heavy atom. The van der Waals surface area contributed by atoms with Gasteiger partial charge in [0, 0.05) is 12.5 Å². The van der Waals surface area contributed by atoms with Crippen LogP contribution >= 0.6 is 0 Å². The normalized spacial score (nSPS) is 25.7. The van der Waals surface area contributed by atoms with Gasteiger partial charge in [0.1, 0.15) is 12.2 Å². The molecular weight excluding hydrogens is 194 g/mol. The van der Waals surface area contributed by atoms with E-state index in [1.54, 1.807) is 4.68 Å². The first-order chi connectivity index (χ1) is 7.24. The number of rotatable bonds is 3. The number of carbonyl (C=O) groups is 1. The summed E-state index contributed by atoms with van der Waals surface area (Å²) >= 11 is 0. The van der Waals surface area contributed by atoms with E-state index in [2.05, 4.69) is 10.1 Å². The maximum atomic E-state index is 11.0. The second kappa shape index (κ2) is 4.00. The lowest BCUT2D eigenvalue weighted by atomic mass is 9.95. The first kappa shape index (κ1) is 10.1. The maximum Gasteiger partial charge on any atom is 0.307 e. The van der Waals surface area contributed by atoms with Crippen LogP contribution in [0.4, 0.5) is 0 Å². The van der Waals surface area contributed by atoms with Crippen molar-refractivity contribution in [3.63, 3.8) is 0 Å². The standard InChI is InChI=1S/C10H15N3O2/c1-2-13-9(11-6-12-13)7-4-3-5-8(7)10(14)15/h6-8H,2-5H2,1H3,(H,14,15). The van der Waals surface area contributed by atoms with Crippen molar-refractivity contribution in [2.24, 2.45) is 5.92 Å². The SMILES string of the molecule is CCn1ncnc1C1CCCC1C(=O)O. The Balaban J connectivity index is 2.26. The average Bonchev–Trinajstić information content (AvgIpc) is 2.85. The number of carboxylic acids is 1. The molecular formula is C10H15N3O2. The molecule has 0 amide bonds. The van der Waals surface area contributed by atoms with Crippen molar-refractivity contribution in [1.29, 1.82) is 0 Å². The van der Waals surface area contributed by atoms with Gasteiger partial charge in [-0.3, -0.25) is 9.48 Å². The average molecular weight is 209 g/mol. The van der Waals surface area contributed by atoms with Gasteiger partial charge in [-0.25, -0.2) is 4.98 Å². The summed E-state index contributed by atoms with van der Waals surface area (Å²) in [6.07, 6.45) is 4.15. The molecule has 0 aliphatic heterocycles. The van der Waals surface area contributed by atoms with Crippen molar-refractivity contribution in [2.75, 3.05) is 0 Å². The minimum absolute atomic E-state index is 0.0462. The van der Waals surface area contributed by atoms with Crippen LogP contribution in [0.3, 0.4) is 0 Å². The molecule has 1 aromatic heterocycles. The highest BCUT2D eigenvalue weighted by Crippen LogP contribution is 2.38. The summed E-state index contributed by atoms with van der Waals surface area (Å²) in [6, 6.07) is 0. The fraction of sp³-hybridized carbons (Fsp3) is 0.700. The van der Waals surface area contributed by atoms with Crippen molar-refractivity contribution >= 4 is 5.97 Å². The van der Waals surface area contributed by atoms with Gasteiger partial charge in [0.05, 0.1) is 5.92 Å². The van der Waals surface area contributed by atoms with Crippen LogP contribution in [0.5, 0.6) is 0 Å². The highest BCUT2D eigenvalue weighted by molar-refractivity contribution is 5.71. The quantitative estimate of drug-likeness (QED) is 0.813. The van der Waals surface area contributed by atoms with E-state index in [4.69, 9.17) is 5.11 Å². The Bertz CT molecular complexity index is 361. The second-order valence-corrected chi connectivity index (χ2v) is 3.92. The first-order valence-electron chi connectivity index (χ1n) is 5.34. The van der Waals surface area contributed by atoms with E-state index in [0.29, 0.717) is 0 Å². The summed E-state index contributed by atoms with van der Waals surface area (Å²) in [4.78, 5) is 15.2. The Hall–Kier alpha value is -1.39. The topological polar surface area (TPSA) is 68.0 Å². The molecule has 0 saturated heterocycles. The summed E-state index contributed by atoms with van der Waals surface area (Å²) in [6.45, 7) is 2.74. The van der Waals surface area contributed by atoms with Gasteiger partial charge >= 0.3 is 5.97 Å². The minimum atomic E-state index is -0.705. The third-order valence-electron chi connectivity index (χ3n) is 3.11. The lowest BCUT2D eigenvalue weighted by Crippen LogP contribution is -2.20. The van der Waals surface area contributed by atoms with Gasteiger partial charge in [0.25, 0.3) is 0 Å². The zero-order chi connectivity index (χ0) is 10.8. The highest BCUT2D eigenvalue weighted by Gasteiger charge is 2.36. The Morgan fingerprint density at radius 1 is 1.67 bits per heavy atom. The predicted octanol–water partition coefficient (Wildman–Crippen LogP) is 1.27. The van der Waals surface area contributed by atoms with Gasteiger partial charge in [-0.2, -0.15) is 5.10 Å². The van der Waals surface area contributed by atoms with E-state index in [1.165, 1.54) is 6.33 Å². The Morgan fingerprint density at radius 3 is 3.13 bits per heavy atom. The molecule has 1 heterocycles. The van der Waals surface area contributed by atoms with Crippen LogP contribution in [-0.4, -0.2) is 25.8 Å². The number of hydrogen-bond donors (Lipinski definition) is 1. The van der Waals surface area contributed by atoms with Crippen molar-refractivity contribution in [2.45, 2.75) is 38.6 Å². The van der Waals surface area contributed by atoms with Crippen LogP contribution in [0, 0.1) is 5.92 Å². The molecule has 1 aliphatic rings. The van der Waals surface area contributed by atoms with E-state index in [0.717, 1.165) is 31.6 Å². The number of aromatic nitrogens is 3. The van der Waals surface area contributed by atoms with Crippen LogP contribution in [0.25, 0.3) is 0 Å². The molecule has 0 spiro atoms. The minimum Gasteiger partial charge on any atom is -0.481 e. The molecule has 15 heavy (non-hydrogen) atoms. The molecule has 5 heteroatoms. The first-order valence-corrected chi connectivity index (χ1v) is 5.34. The highest BCUT2D eigenvalue weighted by atomic mass is 16.4. The number of aryl methyl sites for hydroxylation is 1. The molecule has 1 aromatic rings. The summed E-state index contributed by atoms with van der Waals surface area (Å²) in [5.74, 6) is -0.102. The molecule has 2 unspecified atom stereocenters. The zero-order valence-electron chi connectivity index (χ0n) is 8.76. The van der Waals surface area contributed by atoms with E-state index in [-0.39, 0.29) is 11.8 Å². The lowest BCUT2D eigenvalue weighted by molar-refractivity contribution is -0.142. The number of carboxylic acid groups (broad SMARTS) is 1.